The Morgan fingerprint density at radius 3 is 2.43 bits per heavy atom. The Bertz CT molecular complexity index is 258. The lowest BCUT2D eigenvalue weighted by Crippen LogP contribution is -2.46. The van der Waals surface area contributed by atoms with Crippen molar-refractivity contribution in [1.29, 1.82) is 0 Å². The third kappa shape index (κ3) is 10.5. The van der Waals surface area contributed by atoms with Crippen LogP contribution in [0.3, 0.4) is 0 Å². The van der Waals surface area contributed by atoms with Gasteiger partial charge in [-0.25, -0.2) is 0 Å². The molecule has 21 heavy (non-hydrogen) atoms. The molecular formula is C15H34N4O2. The van der Waals surface area contributed by atoms with Crippen molar-refractivity contribution in [3.8, 4) is 0 Å². The first-order valence-corrected chi connectivity index (χ1v) is 7.94. The van der Waals surface area contributed by atoms with E-state index in [-0.39, 0.29) is 0 Å². The first-order chi connectivity index (χ1) is 10.2. The third-order valence-electron chi connectivity index (χ3n) is 3.41. The normalized spacial score (nSPS) is 13.5. The molecule has 0 aliphatic carbocycles. The van der Waals surface area contributed by atoms with Crippen molar-refractivity contribution in [1.82, 2.24) is 15.5 Å². The number of guanidine groups is 1. The highest BCUT2D eigenvalue weighted by atomic mass is 16.5. The molecule has 1 unspecified atom stereocenters. The zero-order chi connectivity index (χ0) is 15.9. The maximum absolute atomic E-state index is 5.42. The topological polar surface area (TPSA) is 58.1 Å². The summed E-state index contributed by atoms with van der Waals surface area (Å²) in [5.41, 5.74) is 0. The molecule has 6 heteroatoms. The molecule has 0 saturated heterocycles. The summed E-state index contributed by atoms with van der Waals surface area (Å²) < 4.78 is 10.3. The molecule has 0 aliphatic rings. The van der Waals surface area contributed by atoms with Crippen molar-refractivity contribution < 1.29 is 9.47 Å². The largest absolute Gasteiger partial charge is 0.382 e. The predicted molar refractivity (Wildman–Crippen MR) is 89.1 cm³/mol. The summed E-state index contributed by atoms with van der Waals surface area (Å²) in [6.07, 6.45) is 0.954. The number of hydrogen-bond acceptors (Lipinski definition) is 4. The SMILES string of the molecule is CCN(CC)C(C)CNC(=NC)NCCCOCCOC. The fourth-order valence-corrected chi connectivity index (χ4v) is 2.07. The van der Waals surface area contributed by atoms with Crippen molar-refractivity contribution in [2.45, 2.75) is 33.2 Å². The summed E-state index contributed by atoms with van der Waals surface area (Å²) in [7, 11) is 3.48. The van der Waals surface area contributed by atoms with Gasteiger partial charge in [0, 0.05) is 39.9 Å². The maximum Gasteiger partial charge on any atom is 0.191 e. The van der Waals surface area contributed by atoms with Crippen LogP contribution < -0.4 is 10.6 Å². The highest BCUT2D eigenvalue weighted by Crippen LogP contribution is 1.96. The number of likely N-dealkylation sites (N-methyl/N-ethyl adjacent to an activating group) is 1. The van der Waals surface area contributed by atoms with Gasteiger partial charge < -0.3 is 20.1 Å². The van der Waals surface area contributed by atoms with Crippen LogP contribution in [-0.2, 0) is 9.47 Å². The third-order valence-corrected chi connectivity index (χ3v) is 3.41. The lowest BCUT2D eigenvalue weighted by atomic mass is 10.3. The minimum atomic E-state index is 0.496. The molecule has 0 saturated carbocycles. The molecule has 0 aromatic heterocycles. The van der Waals surface area contributed by atoms with E-state index in [1.807, 2.05) is 0 Å². The fourth-order valence-electron chi connectivity index (χ4n) is 2.07. The summed E-state index contributed by atoms with van der Waals surface area (Å²) in [6, 6.07) is 0.496. The Labute approximate surface area is 130 Å². The molecule has 2 N–H and O–H groups in total. The molecule has 0 aromatic carbocycles. The van der Waals surface area contributed by atoms with Crippen molar-refractivity contribution in [2.24, 2.45) is 4.99 Å². The molecule has 0 amide bonds. The zero-order valence-electron chi connectivity index (χ0n) is 14.4. The van der Waals surface area contributed by atoms with E-state index in [0.717, 1.165) is 45.2 Å². The molecule has 0 aromatic rings. The van der Waals surface area contributed by atoms with Crippen LogP contribution in [0.2, 0.25) is 0 Å². The van der Waals surface area contributed by atoms with Crippen molar-refractivity contribution in [3.05, 3.63) is 0 Å². The Balaban J connectivity index is 3.72. The van der Waals surface area contributed by atoms with E-state index in [4.69, 9.17) is 9.47 Å². The van der Waals surface area contributed by atoms with Crippen LogP contribution in [0.5, 0.6) is 0 Å². The van der Waals surface area contributed by atoms with Crippen molar-refractivity contribution in [3.63, 3.8) is 0 Å². The summed E-state index contributed by atoms with van der Waals surface area (Å²) in [5, 5.41) is 6.67. The minimum absolute atomic E-state index is 0.496. The molecule has 0 radical (unpaired) electrons. The van der Waals surface area contributed by atoms with Gasteiger partial charge in [0.05, 0.1) is 13.2 Å². The van der Waals surface area contributed by atoms with E-state index in [1.165, 1.54) is 0 Å². The van der Waals surface area contributed by atoms with Gasteiger partial charge in [-0.15, -0.1) is 0 Å². The van der Waals surface area contributed by atoms with Gasteiger partial charge in [-0.2, -0.15) is 0 Å². The molecule has 126 valence electrons. The van der Waals surface area contributed by atoms with Crippen LogP contribution in [0.15, 0.2) is 4.99 Å². The summed E-state index contributed by atoms with van der Waals surface area (Å²) in [5.74, 6) is 0.853. The number of aliphatic imine (C=N–C) groups is 1. The Hall–Kier alpha value is -0.850. The molecular weight excluding hydrogens is 268 g/mol. The number of methoxy groups -OCH3 is 1. The zero-order valence-corrected chi connectivity index (χ0v) is 14.4. The second-order valence-corrected chi connectivity index (χ2v) is 4.91. The van der Waals surface area contributed by atoms with E-state index in [0.29, 0.717) is 19.3 Å². The predicted octanol–water partition coefficient (Wildman–Crippen LogP) is 0.935. The fraction of sp³-hybridized carbons (Fsp3) is 0.933. The van der Waals surface area contributed by atoms with Crippen LogP contribution in [0.1, 0.15) is 27.2 Å². The monoisotopic (exact) mass is 302 g/mol. The number of nitrogens with one attached hydrogen (secondary N) is 2. The van der Waals surface area contributed by atoms with Crippen molar-refractivity contribution in [2.75, 3.05) is 60.2 Å². The molecule has 0 rings (SSSR count). The van der Waals surface area contributed by atoms with Crippen LogP contribution in [0.25, 0.3) is 0 Å². The van der Waals surface area contributed by atoms with Gasteiger partial charge in [-0.05, 0) is 26.4 Å². The Morgan fingerprint density at radius 1 is 1.14 bits per heavy atom. The average molecular weight is 302 g/mol. The quantitative estimate of drug-likeness (QED) is 0.319. The van der Waals surface area contributed by atoms with Gasteiger partial charge in [-0.3, -0.25) is 9.89 Å². The number of rotatable bonds is 12. The second kappa shape index (κ2) is 14.1. The molecule has 0 bridgehead atoms. The summed E-state index contributed by atoms with van der Waals surface area (Å²) in [6.45, 7) is 12.6. The summed E-state index contributed by atoms with van der Waals surface area (Å²) >= 11 is 0. The van der Waals surface area contributed by atoms with E-state index < -0.39 is 0 Å². The molecule has 6 nitrogen and oxygen atoms in total. The molecule has 0 spiro atoms. The smallest absolute Gasteiger partial charge is 0.191 e. The average Bonchev–Trinajstić information content (AvgIpc) is 2.50. The first-order valence-electron chi connectivity index (χ1n) is 7.94. The highest BCUT2D eigenvalue weighted by molar-refractivity contribution is 5.79. The maximum atomic E-state index is 5.42. The number of nitrogens with zero attached hydrogens (tertiary/aromatic N) is 2. The van der Waals surface area contributed by atoms with E-state index >= 15 is 0 Å². The minimum Gasteiger partial charge on any atom is -0.382 e. The van der Waals surface area contributed by atoms with Crippen LogP contribution in [-0.4, -0.2) is 77.1 Å². The van der Waals surface area contributed by atoms with Gasteiger partial charge in [0.2, 0.25) is 0 Å². The number of hydrogen-bond donors (Lipinski definition) is 2. The van der Waals surface area contributed by atoms with Crippen LogP contribution in [0.4, 0.5) is 0 Å². The lowest BCUT2D eigenvalue weighted by molar-refractivity contribution is 0.0698. The van der Waals surface area contributed by atoms with Gasteiger partial charge in [-0.1, -0.05) is 13.8 Å². The standard InChI is InChI=1S/C15H34N4O2/c1-6-19(7-2)14(3)13-18-15(16-4)17-9-8-10-21-12-11-20-5/h14H,6-13H2,1-5H3,(H2,16,17,18). The highest BCUT2D eigenvalue weighted by Gasteiger charge is 2.10. The van der Waals surface area contributed by atoms with E-state index in [9.17, 15) is 0 Å². The second-order valence-electron chi connectivity index (χ2n) is 4.91. The number of ether oxygens (including phenoxy) is 2. The Kier molecular flexibility index (Phi) is 13.5. The van der Waals surface area contributed by atoms with Crippen molar-refractivity contribution >= 4 is 5.96 Å². The van der Waals surface area contributed by atoms with Crippen LogP contribution >= 0.6 is 0 Å². The van der Waals surface area contributed by atoms with Gasteiger partial charge in [0.15, 0.2) is 5.96 Å². The van der Waals surface area contributed by atoms with Gasteiger partial charge in [0.1, 0.15) is 0 Å². The molecule has 0 fully saturated rings. The van der Waals surface area contributed by atoms with Crippen LogP contribution in [0, 0.1) is 0 Å². The summed E-state index contributed by atoms with van der Waals surface area (Å²) in [4.78, 5) is 6.65. The molecule has 0 aliphatic heterocycles. The molecule has 0 heterocycles. The Morgan fingerprint density at radius 2 is 1.86 bits per heavy atom. The van der Waals surface area contributed by atoms with Gasteiger partial charge in [0.25, 0.3) is 0 Å². The lowest BCUT2D eigenvalue weighted by Gasteiger charge is -2.27. The van der Waals surface area contributed by atoms with E-state index in [1.54, 1.807) is 14.2 Å². The molecule has 1 atom stereocenters. The van der Waals surface area contributed by atoms with Gasteiger partial charge >= 0.3 is 0 Å². The van der Waals surface area contributed by atoms with E-state index in [2.05, 4.69) is 41.3 Å². The first kappa shape index (κ1) is 20.1.